The van der Waals surface area contributed by atoms with Crippen LogP contribution in [-0.2, 0) is 6.61 Å². The predicted molar refractivity (Wildman–Crippen MR) is 142 cm³/mol. The van der Waals surface area contributed by atoms with E-state index in [0.717, 1.165) is 41.6 Å². The topological polar surface area (TPSA) is 50.4 Å². The Labute approximate surface area is 209 Å². The third-order valence-corrected chi connectivity index (χ3v) is 7.29. The number of hydrogen-bond donors (Lipinski definition) is 2. The second-order valence-electron chi connectivity index (χ2n) is 10.0. The van der Waals surface area contributed by atoms with Gasteiger partial charge >= 0.3 is 0 Å². The summed E-state index contributed by atoms with van der Waals surface area (Å²) in [5.41, 5.74) is 5.03. The Balaban J connectivity index is 1.25. The monoisotopic (exact) mass is 468 g/mol. The number of amides is 1. The van der Waals surface area contributed by atoms with Gasteiger partial charge in [0, 0.05) is 12.2 Å². The summed E-state index contributed by atoms with van der Waals surface area (Å²) < 4.78 is 6.08. The molecule has 0 bridgehead atoms. The number of hydrogen-bond acceptors (Lipinski definition) is 3. The highest BCUT2D eigenvalue weighted by Crippen LogP contribution is 2.45. The van der Waals surface area contributed by atoms with Crippen LogP contribution in [0.4, 0.5) is 11.4 Å². The fourth-order valence-electron chi connectivity index (χ4n) is 5.11. The van der Waals surface area contributed by atoms with E-state index in [0.29, 0.717) is 18.1 Å². The Kier molecular flexibility index (Phi) is 7.67. The Morgan fingerprint density at radius 1 is 0.829 bits per heavy atom. The highest BCUT2D eigenvalue weighted by Gasteiger charge is 2.27. The number of ether oxygens (including phenoxy) is 1. The third-order valence-electron chi connectivity index (χ3n) is 7.29. The lowest BCUT2D eigenvalue weighted by atomic mass is 9.87. The van der Waals surface area contributed by atoms with Crippen molar-refractivity contribution in [1.82, 2.24) is 5.32 Å². The molecule has 2 saturated carbocycles. The maximum absolute atomic E-state index is 13.0. The molecule has 4 nitrogen and oxygen atoms in total. The van der Waals surface area contributed by atoms with Gasteiger partial charge in [-0.25, -0.2) is 0 Å². The van der Waals surface area contributed by atoms with Gasteiger partial charge in [-0.05, 0) is 72.6 Å². The fraction of sp³-hybridized carbons (Fsp3) is 0.387. The molecule has 3 aromatic rings. The molecule has 182 valence electrons. The molecule has 3 aromatic carbocycles. The number of carbonyl (C=O) groups is 1. The third kappa shape index (κ3) is 6.45. The molecule has 0 unspecified atom stereocenters. The summed E-state index contributed by atoms with van der Waals surface area (Å²) in [7, 11) is 0. The van der Waals surface area contributed by atoms with Crippen LogP contribution < -0.4 is 15.4 Å². The summed E-state index contributed by atoms with van der Waals surface area (Å²) in [6, 6.07) is 24.3. The smallest absolute Gasteiger partial charge is 0.253 e. The molecule has 5 rings (SSSR count). The highest BCUT2D eigenvalue weighted by molar-refractivity contribution is 6.00. The molecular formula is C31H36N2O2. The molecule has 2 N–H and O–H groups in total. The number of para-hydroxylation sites is 1. The van der Waals surface area contributed by atoms with Crippen LogP contribution in [0, 0.1) is 5.92 Å². The van der Waals surface area contributed by atoms with Crippen molar-refractivity contribution in [2.45, 2.75) is 63.9 Å². The van der Waals surface area contributed by atoms with E-state index in [1.165, 1.54) is 50.5 Å². The summed E-state index contributed by atoms with van der Waals surface area (Å²) in [6.45, 7) is 1.31. The maximum atomic E-state index is 13.0. The van der Waals surface area contributed by atoms with Gasteiger partial charge in [0.1, 0.15) is 12.4 Å². The van der Waals surface area contributed by atoms with Crippen LogP contribution in [0.3, 0.4) is 0 Å². The van der Waals surface area contributed by atoms with Gasteiger partial charge in [-0.15, -0.1) is 0 Å². The SMILES string of the molecule is O=C(NCCC1CCCCC1)c1ccccc1Nc1ccc(OCc2ccccc2)cc1C1CC1. The molecule has 0 radical (unpaired) electrons. The van der Waals surface area contributed by atoms with Crippen molar-refractivity contribution < 1.29 is 9.53 Å². The molecule has 0 heterocycles. The molecule has 2 aliphatic carbocycles. The maximum Gasteiger partial charge on any atom is 0.253 e. The number of anilines is 2. The van der Waals surface area contributed by atoms with Crippen molar-refractivity contribution in [1.29, 1.82) is 0 Å². The number of carbonyl (C=O) groups excluding carboxylic acids is 1. The van der Waals surface area contributed by atoms with E-state index < -0.39 is 0 Å². The van der Waals surface area contributed by atoms with Gasteiger partial charge < -0.3 is 15.4 Å². The van der Waals surface area contributed by atoms with Crippen molar-refractivity contribution in [3.05, 3.63) is 89.5 Å². The summed E-state index contributed by atoms with van der Waals surface area (Å²) in [4.78, 5) is 13.0. The van der Waals surface area contributed by atoms with Crippen LogP contribution >= 0.6 is 0 Å². The van der Waals surface area contributed by atoms with Gasteiger partial charge in [0.05, 0.1) is 11.3 Å². The van der Waals surface area contributed by atoms with Gasteiger partial charge in [-0.3, -0.25) is 4.79 Å². The largest absolute Gasteiger partial charge is 0.489 e. The van der Waals surface area contributed by atoms with E-state index >= 15 is 0 Å². The van der Waals surface area contributed by atoms with Gasteiger partial charge in [0.15, 0.2) is 0 Å². The second-order valence-corrected chi connectivity index (χ2v) is 10.0. The lowest BCUT2D eigenvalue weighted by molar-refractivity contribution is 0.0951. The van der Waals surface area contributed by atoms with E-state index in [2.05, 4.69) is 34.9 Å². The quantitative estimate of drug-likeness (QED) is 0.322. The van der Waals surface area contributed by atoms with E-state index in [9.17, 15) is 4.79 Å². The van der Waals surface area contributed by atoms with E-state index in [-0.39, 0.29) is 5.91 Å². The Hall–Kier alpha value is -3.27. The first-order valence-corrected chi connectivity index (χ1v) is 13.2. The molecule has 2 aliphatic rings. The standard InChI is InChI=1S/C31H36N2O2/c34-31(32-20-19-23-9-3-1-4-10-23)27-13-7-8-14-29(27)33-30-18-17-26(21-28(30)25-15-16-25)35-22-24-11-5-2-6-12-24/h2,5-8,11-14,17-18,21,23,25,33H,1,3-4,9-10,15-16,19-20,22H2,(H,32,34). The zero-order chi connectivity index (χ0) is 23.9. The van der Waals surface area contributed by atoms with Crippen LogP contribution in [-0.4, -0.2) is 12.5 Å². The van der Waals surface area contributed by atoms with E-state index in [4.69, 9.17) is 4.74 Å². The summed E-state index contributed by atoms with van der Waals surface area (Å²) in [5.74, 6) is 2.20. The van der Waals surface area contributed by atoms with E-state index in [1.807, 2.05) is 48.5 Å². The molecule has 0 saturated heterocycles. The van der Waals surface area contributed by atoms with Crippen LogP contribution in [0.25, 0.3) is 0 Å². The Morgan fingerprint density at radius 3 is 2.40 bits per heavy atom. The molecule has 0 spiro atoms. The van der Waals surface area contributed by atoms with Gasteiger partial charge in [0.2, 0.25) is 0 Å². The van der Waals surface area contributed by atoms with E-state index in [1.54, 1.807) is 0 Å². The first-order chi connectivity index (χ1) is 17.3. The first-order valence-electron chi connectivity index (χ1n) is 13.2. The first kappa shape index (κ1) is 23.5. The zero-order valence-electron chi connectivity index (χ0n) is 20.5. The molecule has 35 heavy (non-hydrogen) atoms. The Morgan fingerprint density at radius 2 is 1.60 bits per heavy atom. The second kappa shape index (κ2) is 11.4. The lowest BCUT2D eigenvalue weighted by Crippen LogP contribution is -2.27. The lowest BCUT2D eigenvalue weighted by Gasteiger charge is -2.21. The number of benzene rings is 3. The Bertz CT molecular complexity index is 1120. The van der Waals surface area contributed by atoms with Gasteiger partial charge in [-0.2, -0.15) is 0 Å². The zero-order valence-corrected chi connectivity index (χ0v) is 20.5. The summed E-state index contributed by atoms with van der Waals surface area (Å²) in [5, 5.41) is 6.73. The van der Waals surface area contributed by atoms with Gasteiger partial charge in [-0.1, -0.05) is 74.6 Å². The van der Waals surface area contributed by atoms with Crippen molar-refractivity contribution in [3.8, 4) is 5.75 Å². The molecule has 0 atom stereocenters. The highest BCUT2D eigenvalue weighted by atomic mass is 16.5. The molecule has 0 aliphatic heterocycles. The average molecular weight is 469 g/mol. The molecular weight excluding hydrogens is 432 g/mol. The minimum Gasteiger partial charge on any atom is -0.489 e. The molecule has 2 fully saturated rings. The van der Waals surface area contributed by atoms with Crippen molar-refractivity contribution in [2.24, 2.45) is 5.92 Å². The summed E-state index contributed by atoms with van der Waals surface area (Å²) >= 11 is 0. The molecule has 1 amide bonds. The van der Waals surface area contributed by atoms with Crippen LogP contribution in [0.5, 0.6) is 5.75 Å². The normalized spacial score (nSPS) is 16.0. The van der Waals surface area contributed by atoms with Gasteiger partial charge in [0.25, 0.3) is 5.91 Å². The fourth-order valence-corrected chi connectivity index (χ4v) is 5.11. The van der Waals surface area contributed by atoms with Crippen molar-refractivity contribution >= 4 is 17.3 Å². The van der Waals surface area contributed by atoms with Crippen LogP contribution in [0.15, 0.2) is 72.8 Å². The predicted octanol–water partition coefficient (Wildman–Crippen LogP) is 7.59. The molecule has 4 heteroatoms. The minimum atomic E-state index is -0.000282. The molecule has 0 aromatic heterocycles. The van der Waals surface area contributed by atoms with Crippen LogP contribution in [0.1, 0.15) is 78.8 Å². The minimum absolute atomic E-state index is 0.000282. The van der Waals surface area contributed by atoms with Crippen molar-refractivity contribution in [2.75, 3.05) is 11.9 Å². The number of rotatable bonds is 10. The average Bonchev–Trinajstić information content (AvgIpc) is 3.75. The number of nitrogens with one attached hydrogen (secondary N) is 2. The summed E-state index contributed by atoms with van der Waals surface area (Å²) in [6.07, 6.45) is 10.1. The van der Waals surface area contributed by atoms with Crippen molar-refractivity contribution in [3.63, 3.8) is 0 Å². The van der Waals surface area contributed by atoms with Crippen LogP contribution in [0.2, 0.25) is 0 Å².